The molecule has 4 rings (SSSR count). The molecule has 0 aliphatic carbocycles. The second-order valence-corrected chi connectivity index (χ2v) is 5.92. The number of carbonyl (C=O) groups excluding carboxylic acids is 3. The summed E-state index contributed by atoms with van der Waals surface area (Å²) >= 11 is 0. The second kappa shape index (κ2) is 6.54. The molecule has 2 N–H and O–H groups in total. The number of imide groups is 2. The fraction of sp³-hybridized carbons (Fsp3) is 0.0526. The number of carboxylic acid groups (broad SMARTS) is 1. The van der Waals surface area contributed by atoms with Crippen molar-refractivity contribution in [2.24, 2.45) is 0 Å². The average molecular weight is 380 g/mol. The van der Waals surface area contributed by atoms with Crippen LogP contribution in [0.5, 0.6) is 11.5 Å². The van der Waals surface area contributed by atoms with Crippen molar-refractivity contribution in [1.29, 1.82) is 0 Å². The van der Waals surface area contributed by atoms with E-state index in [0.717, 1.165) is 4.90 Å². The van der Waals surface area contributed by atoms with Gasteiger partial charge in [-0.2, -0.15) is 0 Å². The fourth-order valence-corrected chi connectivity index (χ4v) is 2.81. The molecule has 2 heterocycles. The number of hydrogen-bond donors (Lipinski definition) is 2. The lowest BCUT2D eigenvalue weighted by atomic mass is 10.1. The Morgan fingerprint density at radius 3 is 2.46 bits per heavy atom. The number of hydrogen-bond acceptors (Lipinski definition) is 6. The van der Waals surface area contributed by atoms with Crippen molar-refractivity contribution in [1.82, 2.24) is 5.32 Å². The van der Waals surface area contributed by atoms with Crippen LogP contribution in [0.3, 0.4) is 0 Å². The highest BCUT2D eigenvalue weighted by atomic mass is 16.7. The summed E-state index contributed by atoms with van der Waals surface area (Å²) < 4.78 is 10.5. The SMILES string of the molecule is O=C1NC(=O)N(c2ccc(C(=O)O)cc2)C(=O)/C1=C/c1ccc2c(c1)OCO2. The van der Waals surface area contributed by atoms with E-state index in [1.165, 1.54) is 30.3 Å². The Morgan fingerprint density at radius 2 is 1.75 bits per heavy atom. The molecular formula is C19H12N2O7. The minimum Gasteiger partial charge on any atom is -0.478 e. The van der Waals surface area contributed by atoms with E-state index in [1.807, 2.05) is 0 Å². The molecule has 0 saturated carbocycles. The molecule has 4 amide bonds. The highest BCUT2D eigenvalue weighted by molar-refractivity contribution is 6.39. The quantitative estimate of drug-likeness (QED) is 0.615. The van der Waals surface area contributed by atoms with Crippen LogP contribution < -0.4 is 19.7 Å². The minimum absolute atomic E-state index is 0.000758. The molecule has 2 aromatic carbocycles. The predicted molar refractivity (Wildman–Crippen MR) is 95.0 cm³/mol. The average Bonchev–Trinajstić information content (AvgIpc) is 3.13. The summed E-state index contributed by atoms with van der Waals surface area (Å²) in [6.07, 6.45) is 1.34. The maximum Gasteiger partial charge on any atom is 0.335 e. The van der Waals surface area contributed by atoms with Gasteiger partial charge in [-0.15, -0.1) is 0 Å². The minimum atomic E-state index is -1.14. The van der Waals surface area contributed by atoms with Crippen molar-refractivity contribution in [3.05, 3.63) is 59.2 Å². The van der Waals surface area contributed by atoms with Crippen LogP contribution >= 0.6 is 0 Å². The van der Waals surface area contributed by atoms with E-state index in [1.54, 1.807) is 18.2 Å². The van der Waals surface area contributed by atoms with Crippen molar-refractivity contribution in [2.45, 2.75) is 0 Å². The van der Waals surface area contributed by atoms with Crippen molar-refractivity contribution >= 4 is 35.6 Å². The third-order valence-corrected chi connectivity index (χ3v) is 4.18. The lowest BCUT2D eigenvalue weighted by molar-refractivity contribution is -0.122. The highest BCUT2D eigenvalue weighted by Crippen LogP contribution is 2.33. The molecule has 0 radical (unpaired) electrons. The Labute approximate surface area is 157 Å². The molecule has 0 aromatic heterocycles. The lowest BCUT2D eigenvalue weighted by Gasteiger charge is -2.26. The summed E-state index contributed by atoms with van der Waals surface area (Å²) in [5.74, 6) is -1.76. The number of nitrogens with zero attached hydrogens (tertiary/aromatic N) is 1. The summed E-state index contributed by atoms with van der Waals surface area (Å²) in [7, 11) is 0. The third-order valence-electron chi connectivity index (χ3n) is 4.18. The van der Waals surface area contributed by atoms with Gasteiger partial charge in [-0.3, -0.25) is 14.9 Å². The molecule has 140 valence electrons. The van der Waals surface area contributed by atoms with Gasteiger partial charge in [0.15, 0.2) is 11.5 Å². The first-order valence-corrected chi connectivity index (χ1v) is 8.08. The Kier molecular flexibility index (Phi) is 4.04. The zero-order valence-corrected chi connectivity index (χ0v) is 14.2. The van der Waals surface area contributed by atoms with Gasteiger partial charge in [0.25, 0.3) is 11.8 Å². The van der Waals surface area contributed by atoms with Crippen molar-refractivity contribution in [2.75, 3.05) is 11.7 Å². The van der Waals surface area contributed by atoms with Crippen LogP contribution in [0, 0.1) is 0 Å². The number of amides is 4. The molecule has 0 spiro atoms. The van der Waals surface area contributed by atoms with Crippen molar-refractivity contribution < 1.29 is 33.8 Å². The number of carboxylic acids is 1. The molecule has 1 fully saturated rings. The van der Waals surface area contributed by atoms with Gasteiger partial charge in [0.2, 0.25) is 6.79 Å². The number of carbonyl (C=O) groups is 4. The molecule has 2 aliphatic heterocycles. The van der Waals surface area contributed by atoms with Gasteiger partial charge >= 0.3 is 12.0 Å². The predicted octanol–water partition coefficient (Wildman–Crippen LogP) is 1.78. The first kappa shape index (κ1) is 17.3. The van der Waals surface area contributed by atoms with Crippen LogP contribution in [0.15, 0.2) is 48.0 Å². The maximum atomic E-state index is 12.8. The second-order valence-electron chi connectivity index (χ2n) is 5.92. The highest BCUT2D eigenvalue weighted by Gasteiger charge is 2.36. The van der Waals surface area contributed by atoms with E-state index in [2.05, 4.69) is 5.32 Å². The summed E-state index contributed by atoms with van der Waals surface area (Å²) in [5.41, 5.74) is 0.399. The topological polar surface area (TPSA) is 122 Å². The molecular weight excluding hydrogens is 368 g/mol. The molecule has 28 heavy (non-hydrogen) atoms. The van der Waals surface area contributed by atoms with Crippen LogP contribution in [0.1, 0.15) is 15.9 Å². The summed E-state index contributed by atoms with van der Waals surface area (Å²) in [6.45, 7) is 0.0867. The Balaban J connectivity index is 1.68. The number of anilines is 1. The molecule has 2 aliphatic rings. The summed E-state index contributed by atoms with van der Waals surface area (Å²) in [4.78, 5) is 48.9. The van der Waals surface area contributed by atoms with Crippen LogP contribution in [0.25, 0.3) is 6.08 Å². The zero-order valence-electron chi connectivity index (χ0n) is 14.2. The standard InChI is InChI=1S/C19H12N2O7/c22-16-13(7-10-1-6-14-15(8-10)28-9-27-14)17(23)21(19(26)20-16)12-4-2-11(3-5-12)18(24)25/h1-8H,9H2,(H,24,25)(H,20,22,26)/b13-7+. The van der Waals surface area contributed by atoms with E-state index in [9.17, 15) is 19.2 Å². The molecule has 0 bridgehead atoms. The number of benzene rings is 2. The lowest BCUT2D eigenvalue weighted by Crippen LogP contribution is -2.54. The summed E-state index contributed by atoms with van der Waals surface area (Å²) in [6, 6.07) is 9.13. The zero-order chi connectivity index (χ0) is 19.8. The monoisotopic (exact) mass is 380 g/mol. The summed E-state index contributed by atoms with van der Waals surface area (Å²) in [5, 5.41) is 11.1. The van der Waals surface area contributed by atoms with Gasteiger partial charge < -0.3 is 14.6 Å². The largest absolute Gasteiger partial charge is 0.478 e. The van der Waals surface area contributed by atoms with Crippen molar-refractivity contribution in [3.8, 4) is 11.5 Å². The number of rotatable bonds is 3. The van der Waals surface area contributed by atoms with Crippen molar-refractivity contribution in [3.63, 3.8) is 0 Å². The van der Waals surface area contributed by atoms with Gasteiger partial charge in [-0.1, -0.05) is 6.07 Å². The van der Waals surface area contributed by atoms with E-state index in [-0.39, 0.29) is 23.6 Å². The fourth-order valence-electron chi connectivity index (χ4n) is 2.81. The molecule has 1 saturated heterocycles. The van der Waals surface area contributed by atoms with Crippen LogP contribution in [-0.4, -0.2) is 35.7 Å². The van der Waals surface area contributed by atoms with Crippen LogP contribution in [-0.2, 0) is 9.59 Å². The first-order valence-electron chi connectivity index (χ1n) is 8.08. The van der Waals surface area contributed by atoms with E-state index < -0.39 is 23.8 Å². The molecule has 9 nitrogen and oxygen atoms in total. The van der Waals surface area contributed by atoms with Gasteiger partial charge in [-0.25, -0.2) is 14.5 Å². The maximum absolute atomic E-state index is 12.8. The number of ether oxygens (including phenoxy) is 2. The Hall–Kier alpha value is -4.14. The number of nitrogens with one attached hydrogen (secondary N) is 1. The van der Waals surface area contributed by atoms with Gasteiger partial charge in [0.05, 0.1) is 11.3 Å². The first-order chi connectivity index (χ1) is 13.4. The Morgan fingerprint density at radius 1 is 1.04 bits per heavy atom. The van der Waals surface area contributed by atoms with E-state index in [0.29, 0.717) is 17.1 Å². The van der Waals surface area contributed by atoms with E-state index >= 15 is 0 Å². The molecule has 0 atom stereocenters. The molecule has 2 aromatic rings. The number of urea groups is 1. The van der Waals surface area contributed by atoms with Gasteiger partial charge in [-0.05, 0) is 48.0 Å². The van der Waals surface area contributed by atoms with E-state index in [4.69, 9.17) is 14.6 Å². The number of fused-ring (bicyclic) bond motifs is 1. The molecule has 9 heteroatoms. The van der Waals surface area contributed by atoms with Crippen LogP contribution in [0.2, 0.25) is 0 Å². The smallest absolute Gasteiger partial charge is 0.335 e. The molecule has 0 unspecified atom stereocenters. The number of barbiturate groups is 1. The Bertz CT molecular complexity index is 1060. The number of aromatic carboxylic acids is 1. The normalized spacial score (nSPS) is 17.1. The van der Waals surface area contributed by atoms with Crippen LogP contribution in [0.4, 0.5) is 10.5 Å². The van der Waals surface area contributed by atoms with Gasteiger partial charge in [0, 0.05) is 0 Å². The van der Waals surface area contributed by atoms with Gasteiger partial charge in [0.1, 0.15) is 5.57 Å². The third kappa shape index (κ3) is 2.94.